The van der Waals surface area contributed by atoms with Crippen LogP contribution in [0.3, 0.4) is 0 Å². The van der Waals surface area contributed by atoms with Crippen molar-refractivity contribution in [3.63, 3.8) is 0 Å². The lowest BCUT2D eigenvalue weighted by molar-refractivity contribution is -0.137. The SMILES string of the molecule is O=C(O)CC1CN(Cc2cncc(F)c2)c2ccccc21. The molecular formula is C16H15FN2O2. The van der Waals surface area contributed by atoms with Crippen molar-refractivity contribution in [2.24, 2.45) is 0 Å². The van der Waals surface area contributed by atoms with E-state index < -0.39 is 5.97 Å². The maximum Gasteiger partial charge on any atom is 0.304 e. The van der Waals surface area contributed by atoms with Gasteiger partial charge in [0.2, 0.25) is 0 Å². The maximum absolute atomic E-state index is 13.2. The Balaban J connectivity index is 1.85. The van der Waals surface area contributed by atoms with Gasteiger partial charge in [0.25, 0.3) is 0 Å². The number of carboxylic acids is 1. The highest BCUT2D eigenvalue weighted by molar-refractivity contribution is 5.71. The van der Waals surface area contributed by atoms with Crippen molar-refractivity contribution in [1.29, 1.82) is 0 Å². The van der Waals surface area contributed by atoms with Gasteiger partial charge in [-0.15, -0.1) is 0 Å². The van der Waals surface area contributed by atoms with Crippen molar-refractivity contribution in [3.8, 4) is 0 Å². The van der Waals surface area contributed by atoms with Crippen molar-refractivity contribution in [1.82, 2.24) is 4.98 Å². The quantitative estimate of drug-likeness (QED) is 0.939. The molecule has 1 aromatic carbocycles. The van der Waals surface area contributed by atoms with Gasteiger partial charge < -0.3 is 10.0 Å². The summed E-state index contributed by atoms with van der Waals surface area (Å²) in [6, 6.07) is 9.25. The molecule has 2 aromatic rings. The summed E-state index contributed by atoms with van der Waals surface area (Å²) in [5.74, 6) is -1.19. The number of carbonyl (C=O) groups is 1. The first kappa shape index (κ1) is 13.5. The molecule has 5 heteroatoms. The van der Waals surface area contributed by atoms with Gasteiger partial charge in [0.1, 0.15) is 5.82 Å². The zero-order valence-corrected chi connectivity index (χ0v) is 11.4. The number of carboxylic acid groups (broad SMARTS) is 1. The van der Waals surface area contributed by atoms with Gasteiger partial charge in [0, 0.05) is 30.9 Å². The van der Waals surface area contributed by atoms with Gasteiger partial charge in [0.15, 0.2) is 0 Å². The molecule has 1 aromatic heterocycles. The van der Waals surface area contributed by atoms with E-state index in [9.17, 15) is 9.18 Å². The molecule has 1 aliphatic rings. The molecule has 2 heterocycles. The Morgan fingerprint density at radius 1 is 1.38 bits per heavy atom. The average molecular weight is 286 g/mol. The Labute approximate surface area is 121 Å². The van der Waals surface area contributed by atoms with Gasteiger partial charge in [-0.1, -0.05) is 18.2 Å². The van der Waals surface area contributed by atoms with Gasteiger partial charge in [-0.25, -0.2) is 4.39 Å². The molecule has 0 aliphatic carbocycles. The van der Waals surface area contributed by atoms with Gasteiger partial charge in [-0.2, -0.15) is 0 Å². The summed E-state index contributed by atoms with van der Waals surface area (Å²) in [4.78, 5) is 16.9. The van der Waals surface area contributed by atoms with E-state index in [1.807, 2.05) is 24.3 Å². The molecule has 4 nitrogen and oxygen atoms in total. The van der Waals surface area contributed by atoms with Crippen LogP contribution < -0.4 is 4.90 Å². The van der Waals surface area contributed by atoms with Crippen molar-refractivity contribution in [3.05, 3.63) is 59.7 Å². The third-order valence-corrected chi connectivity index (χ3v) is 3.71. The van der Waals surface area contributed by atoms with E-state index in [-0.39, 0.29) is 18.2 Å². The van der Waals surface area contributed by atoms with Crippen molar-refractivity contribution in [2.45, 2.75) is 18.9 Å². The topological polar surface area (TPSA) is 53.4 Å². The second-order valence-corrected chi connectivity index (χ2v) is 5.25. The number of fused-ring (bicyclic) bond motifs is 1. The van der Waals surface area contributed by atoms with Gasteiger partial charge in [0.05, 0.1) is 12.6 Å². The fourth-order valence-corrected chi connectivity index (χ4v) is 2.88. The number of para-hydroxylation sites is 1. The lowest BCUT2D eigenvalue weighted by Gasteiger charge is -2.19. The van der Waals surface area contributed by atoms with Crippen LogP contribution in [0.1, 0.15) is 23.5 Å². The van der Waals surface area contributed by atoms with Crippen LogP contribution in [0, 0.1) is 5.82 Å². The standard InChI is InChI=1S/C16H15FN2O2/c17-13-5-11(7-18-8-13)9-19-10-12(6-16(20)21)14-3-1-2-4-15(14)19/h1-5,7-8,12H,6,9-10H2,(H,20,21). The lowest BCUT2D eigenvalue weighted by atomic mass is 9.98. The second kappa shape index (κ2) is 5.52. The number of anilines is 1. The van der Waals surface area contributed by atoms with Crippen LogP contribution in [0.25, 0.3) is 0 Å². The Hall–Kier alpha value is -2.43. The third kappa shape index (κ3) is 2.86. The summed E-state index contributed by atoms with van der Waals surface area (Å²) in [5, 5.41) is 9.03. The molecule has 0 amide bonds. The molecule has 0 fully saturated rings. The second-order valence-electron chi connectivity index (χ2n) is 5.25. The fraction of sp³-hybridized carbons (Fsp3) is 0.250. The van der Waals surface area contributed by atoms with Gasteiger partial charge in [-0.3, -0.25) is 9.78 Å². The zero-order chi connectivity index (χ0) is 14.8. The van der Waals surface area contributed by atoms with E-state index in [4.69, 9.17) is 5.11 Å². The van der Waals surface area contributed by atoms with Crippen molar-refractivity contribution in [2.75, 3.05) is 11.4 Å². The van der Waals surface area contributed by atoms with Crippen LogP contribution in [-0.4, -0.2) is 22.6 Å². The minimum absolute atomic E-state index is 0.0276. The number of nitrogens with zero attached hydrogens (tertiary/aromatic N) is 2. The largest absolute Gasteiger partial charge is 0.481 e. The Morgan fingerprint density at radius 3 is 2.95 bits per heavy atom. The molecule has 0 bridgehead atoms. The Bertz CT molecular complexity index is 675. The Morgan fingerprint density at radius 2 is 2.19 bits per heavy atom. The first-order valence-electron chi connectivity index (χ1n) is 6.78. The molecule has 0 radical (unpaired) electrons. The summed E-state index contributed by atoms with van der Waals surface area (Å²) in [6.07, 6.45) is 2.92. The normalized spacial score (nSPS) is 16.8. The highest BCUT2D eigenvalue weighted by Gasteiger charge is 2.29. The summed E-state index contributed by atoms with van der Waals surface area (Å²) in [7, 11) is 0. The van der Waals surface area contributed by atoms with Gasteiger partial charge in [-0.05, 0) is 23.3 Å². The number of hydrogen-bond acceptors (Lipinski definition) is 3. The highest BCUT2D eigenvalue weighted by Crippen LogP contribution is 2.38. The number of aromatic nitrogens is 1. The van der Waals surface area contributed by atoms with Crippen LogP contribution in [0.2, 0.25) is 0 Å². The molecule has 0 saturated carbocycles. The van der Waals surface area contributed by atoms with E-state index in [2.05, 4.69) is 9.88 Å². The van der Waals surface area contributed by atoms with Crippen molar-refractivity contribution < 1.29 is 14.3 Å². The van der Waals surface area contributed by atoms with Crippen LogP contribution in [0.5, 0.6) is 0 Å². The van der Waals surface area contributed by atoms with Gasteiger partial charge >= 0.3 is 5.97 Å². The summed E-state index contributed by atoms with van der Waals surface area (Å²) < 4.78 is 13.2. The predicted octanol–water partition coefficient (Wildman–Crippen LogP) is 2.80. The molecule has 3 rings (SSSR count). The molecule has 21 heavy (non-hydrogen) atoms. The Kier molecular flexibility index (Phi) is 3.56. The van der Waals surface area contributed by atoms with Crippen LogP contribution in [-0.2, 0) is 11.3 Å². The summed E-state index contributed by atoms with van der Waals surface area (Å²) in [6.45, 7) is 1.15. The molecule has 1 atom stereocenters. The molecule has 108 valence electrons. The minimum Gasteiger partial charge on any atom is -0.481 e. The molecule has 1 N–H and O–H groups in total. The first-order chi connectivity index (χ1) is 10.1. The van der Waals surface area contributed by atoms with Crippen LogP contribution in [0.4, 0.5) is 10.1 Å². The van der Waals surface area contributed by atoms with E-state index in [1.165, 1.54) is 12.3 Å². The van der Waals surface area contributed by atoms with E-state index >= 15 is 0 Å². The first-order valence-corrected chi connectivity index (χ1v) is 6.78. The monoisotopic (exact) mass is 286 g/mol. The van der Waals surface area contributed by atoms with E-state index in [0.717, 1.165) is 16.8 Å². The summed E-state index contributed by atoms with van der Waals surface area (Å²) >= 11 is 0. The molecular weight excluding hydrogens is 271 g/mol. The number of pyridine rings is 1. The predicted molar refractivity (Wildman–Crippen MR) is 76.7 cm³/mol. The summed E-state index contributed by atoms with van der Waals surface area (Å²) in [5.41, 5.74) is 2.85. The number of aliphatic carboxylic acids is 1. The molecule has 0 saturated heterocycles. The zero-order valence-electron chi connectivity index (χ0n) is 11.4. The van der Waals surface area contributed by atoms with Crippen LogP contribution in [0.15, 0.2) is 42.7 Å². The lowest BCUT2D eigenvalue weighted by Crippen LogP contribution is -2.22. The fourth-order valence-electron chi connectivity index (χ4n) is 2.88. The highest BCUT2D eigenvalue weighted by atomic mass is 19.1. The maximum atomic E-state index is 13.2. The number of benzene rings is 1. The smallest absolute Gasteiger partial charge is 0.304 e. The number of halogens is 1. The third-order valence-electron chi connectivity index (χ3n) is 3.71. The minimum atomic E-state index is -0.802. The van der Waals surface area contributed by atoms with Crippen LogP contribution >= 0.6 is 0 Å². The molecule has 1 unspecified atom stereocenters. The van der Waals surface area contributed by atoms with E-state index in [1.54, 1.807) is 6.20 Å². The van der Waals surface area contributed by atoms with Crippen molar-refractivity contribution >= 4 is 11.7 Å². The average Bonchev–Trinajstić information content (AvgIpc) is 2.77. The number of rotatable bonds is 4. The van der Waals surface area contributed by atoms with E-state index in [0.29, 0.717) is 13.1 Å². The molecule has 1 aliphatic heterocycles. The molecule has 0 spiro atoms. The number of hydrogen-bond donors (Lipinski definition) is 1.